The molecule has 0 amide bonds. The number of aliphatic carboxylic acids is 1. The molecule has 4 nitrogen and oxygen atoms in total. The van der Waals surface area contributed by atoms with Crippen LogP contribution in [-0.2, 0) is 4.79 Å². The molecule has 0 saturated heterocycles. The van der Waals surface area contributed by atoms with E-state index in [1.807, 2.05) is 0 Å². The first kappa shape index (κ1) is 12.6. The van der Waals surface area contributed by atoms with Gasteiger partial charge in [-0.15, -0.1) is 0 Å². The van der Waals surface area contributed by atoms with Crippen LogP contribution < -0.4 is 0 Å². The Bertz CT molecular complexity index is 360. The molecule has 0 saturated carbocycles. The number of hydrogen-bond acceptors (Lipinski definition) is 3. The average Bonchev–Trinajstić information content (AvgIpc) is 2.07. The van der Waals surface area contributed by atoms with Crippen LogP contribution in [-0.4, -0.2) is 38.9 Å². The Labute approximate surface area is 91.5 Å². The van der Waals surface area contributed by atoms with Gasteiger partial charge in [-0.2, -0.15) is 0 Å². The molecule has 0 spiro atoms. The van der Waals surface area contributed by atoms with Crippen LogP contribution in [0.25, 0.3) is 6.08 Å². The first-order valence-corrected chi connectivity index (χ1v) is 3.52. The number of benzene rings is 1. The summed E-state index contributed by atoms with van der Waals surface area (Å²) in [5, 5.41) is 26.3. The van der Waals surface area contributed by atoms with Crippen molar-refractivity contribution in [3.63, 3.8) is 0 Å². The van der Waals surface area contributed by atoms with E-state index in [1.165, 1.54) is 24.3 Å². The van der Waals surface area contributed by atoms with Crippen LogP contribution in [0.4, 0.5) is 0 Å². The van der Waals surface area contributed by atoms with E-state index < -0.39 is 5.97 Å². The Balaban J connectivity index is 0.00000169. The van der Waals surface area contributed by atoms with E-state index in [1.54, 1.807) is 0 Å². The van der Waals surface area contributed by atoms with Crippen LogP contribution in [0, 0.1) is 0 Å². The van der Waals surface area contributed by atoms with Crippen molar-refractivity contribution in [1.29, 1.82) is 0 Å². The molecule has 4 radical (unpaired) electrons. The molecule has 0 unspecified atom stereocenters. The number of aromatic hydroxyl groups is 2. The van der Waals surface area contributed by atoms with Crippen molar-refractivity contribution in [2.75, 3.05) is 0 Å². The molecular formula is C9H8GeO4. The molecule has 0 fully saturated rings. The van der Waals surface area contributed by atoms with Gasteiger partial charge in [0.05, 0.1) is 0 Å². The van der Waals surface area contributed by atoms with Gasteiger partial charge in [0.1, 0.15) is 0 Å². The number of rotatable bonds is 2. The van der Waals surface area contributed by atoms with Gasteiger partial charge in [-0.3, -0.25) is 0 Å². The van der Waals surface area contributed by atoms with E-state index in [0.717, 1.165) is 6.08 Å². The Morgan fingerprint density at radius 2 is 1.86 bits per heavy atom. The summed E-state index contributed by atoms with van der Waals surface area (Å²) in [6.07, 6.45) is 2.27. The van der Waals surface area contributed by atoms with Gasteiger partial charge in [-0.1, -0.05) is 6.07 Å². The summed E-state index contributed by atoms with van der Waals surface area (Å²) >= 11 is 0. The second-order valence-corrected chi connectivity index (χ2v) is 2.42. The zero-order valence-corrected chi connectivity index (χ0v) is 9.23. The minimum absolute atomic E-state index is 0. The van der Waals surface area contributed by atoms with E-state index in [4.69, 9.17) is 15.3 Å². The van der Waals surface area contributed by atoms with Crippen LogP contribution in [0.3, 0.4) is 0 Å². The molecule has 0 bridgehead atoms. The van der Waals surface area contributed by atoms with Crippen molar-refractivity contribution in [2.45, 2.75) is 0 Å². The van der Waals surface area contributed by atoms with Crippen molar-refractivity contribution < 1.29 is 20.1 Å². The molecule has 0 aliphatic carbocycles. The summed E-state index contributed by atoms with van der Waals surface area (Å²) in [4.78, 5) is 10.1. The summed E-state index contributed by atoms with van der Waals surface area (Å²) in [7, 11) is 0. The maximum absolute atomic E-state index is 10.1. The number of carboxylic acids is 1. The van der Waals surface area contributed by atoms with E-state index in [-0.39, 0.29) is 29.1 Å². The largest absolute Gasteiger partial charge is 0.504 e. The smallest absolute Gasteiger partial charge is 0.328 e. The SMILES string of the molecule is O=C(O)C=Cc1ccc(O)c(O)c1.[Ge]. The molecule has 1 aromatic carbocycles. The fraction of sp³-hybridized carbons (Fsp3) is 0. The molecule has 14 heavy (non-hydrogen) atoms. The van der Waals surface area contributed by atoms with Gasteiger partial charge in [-0.25, -0.2) is 4.79 Å². The molecule has 0 aliphatic rings. The number of carboxylic acid groups (broad SMARTS) is 1. The first-order chi connectivity index (χ1) is 6.09. The third-order valence-electron chi connectivity index (χ3n) is 1.42. The molecule has 1 rings (SSSR count). The zero-order valence-electron chi connectivity index (χ0n) is 7.14. The monoisotopic (exact) mass is 254 g/mol. The van der Waals surface area contributed by atoms with Crippen LogP contribution in [0.1, 0.15) is 5.56 Å². The fourth-order valence-electron chi connectivity index (χ4n) is 0.812. The quantitative estimate of drug-likeness (QED) is 0.414. The van der Waals surface area contributed by atoms with E-state index in [0.29, 0.717) is 5.56 Å². The van der Waals surface area contributed by atoms with Crippen molar-refractivity contribution in [1.82, 2.24) is 0 Å². The van der Waals surface area contributed by atoms with Crippen LogP contribution in [0.2, 0.25) is 0 Å². The van der Waals surface area contributed by atoms with E-state index in [9.17, 15) is 4.79 Å². The van der Waals surface area contributed by atoms with Crippen molar-refractivity contribution in [3.05, 3.63) is 29.8 Å². The average molecular weight is 253 g/mol. The molecule has 72 valence electrons. The number of hydrogen-bond donors (Lipinski definition) is 3. The summed E-state index contributed by atoms with van der Waals surface area (Å²) in [6.45, 7) is 0. The van der Waals surface area contributed by atoms with E-state index >= 15 is 0 Å². The van der Waals surface area contributed by atoms with Gasteiger partial charge in [-0.05, 0) is 23.8 Å². The molecule has 5 heteroatoms. The van der Waals surface area contributed by atoms with Crippen LogP contribution in [0.15, 0.2) is 24.3 Å². The number of phenols is 2. The summed E-state index contributed by atoms with van der Waals surface area (Å²) in [5.41, 5.74) is 0.512. The Morgan fingerprint density at radius 3 is 2.36 bits per heavy atom. The molecule has 0 atom stereocenters. The molecule has 3 N–H and O–H groups in total. The third kappa shape index (κ3) is 3.53. The van der Waals surface area contributed by atoms with Crippen molar-refractivity contribution in [3.8, 4) is 11.5 Å². The van der Waals surface area contributed by atoms with Gasteiger partial charge in [0.2, 0.25) is 0 Å². The second-order valence-electron chi connectivity index (χ2n) is 2.42. The molecule has 0 heterocycles. The number of phenolic OH excluding ortho intramolecular Hbond substituents is 2. The van der Waals surface area contributed by atoms with Crippen molar-refractivity contribution >= 4 is 29.6 Å². The Morgan fingerprint density at radius 1 is 1.21 bits per heavy atom. The second kappa shape index (κ2) is 5.33. The molecule has 1 aromatic rings. The predicted molar refractivity (Wildman–Crippen MR) is 52.2 cm³/mol. The maximum Gasteiger partial charge on any atom is 0.328 e. The van der Waals surface area contributed by atoms with Gasteiger partial charge in [0.15, 0.2) is 11.5 Å². The Hall–Kier alpha value is -1.43. The normalized spacial score (nSPS) is 9.71. The maximum atomic E-state index is 10.1. The van der Waals surface area contributed by atoms with Gasteiger partial charge < -0.3 is 15.3 Å². The van der Waals surface area contributed by atoms with Gasteiger partial charge in [0, 0.05) is 23.7 Å². The Kier molecular flexibility index (Phi) is 4.79. The predicted octanol–water partition coefficient (Wildman–Crippen LogP) is 0.815. The minimum Gasteiger partial charge on any atom is -0.504 e. The fourth-order valence-corrected chi connectivity index (χ4v) is 0.812. The summed E-state index contributed by atoms with van der Waals surface area (Å²) < 4.78 is 0. The van der Waals surface area contributed by atoms with Crippen LogP contribution >= 0.6 is 0 Å². The standard InChI is InChI=1S/C9H8O4.Ge/c10-7-3-1-6(5-8(7)11)2-4-9(12)13;/h1-5,10-11H,(H,12,13);. The van der Waals surface area contributed by atoms with Gasteiger partial charge in [0.25, 0.3) is 0 Å². The van der Waals surface area contributed by atoms with Gasteiger partial charge >= 0.3 is 5.97 Å². The first-order valence-electron chi connectivity index (χ1n) is 3.52. The molecule has 0 aromatic heterocycles. The topological polar surface area (TPSA) is 77.8 Å². The molecule has 0 aliphatic heterocycles. The zero-order chi connectivity index (χ0) is 9.84. The molecular weight excluding hydrogens is 245 g/mol. The van der Waals surface area contributed by atoms with Crippen molar-refractivity contribution in [2.24, 2.45) is 0 Å². The minimum atomic E-state index is -1.06. The van der Waals surface area contributed by atoms with E-state index in [2.05, 4.69) is 0 Å². The summed E-state index contributed by atoms with van der Waals surface area (Å²) in [6, 6.07) is 4.06. The number of carbonyl (C=O) groups is 1. The third-order valence-corrected chi connectivity index (χ3v) is 1.42. The summed E-state index contributed by atoms with van der Waals surface area (Å²) in [5.74, 6) is -1.56. The van der Waals surface area contributed by atoms with Crippen LogP contribution in [0.5, 0.6) is 11.5 Å².